The molecule has 1 aromatic carbocycles. The second kappa shape index (κ2) is 8.15. The van der Waals surface area contributed by atoms with Crippen LogP contribution in [0.15, 0.2) is 53.1 Å². The Kier molecular flexibility index (Phi) is 5.19. The van der Waals surface area contributed by atoms with Gasteiger partial charge < -0.3 is 15.5 Å². The highest BCUT2D eigenvalue weighted by Crippen LogP contribution is 2.43. The average molecular weight is 434 g/mol. The number of nitrogens with one attached hydrogen (secondary N) is 1. The second-order valence-electron chi connectivity index (χ2n) is 8.14. The van der Waals surface area contributed by atoms with E-state index < -0.39 is 0 Å². The molecule has 5 rings (SSSR count). The minimum atomic E-state index is -0.377. The van der Waals surface area contributed by atoms with Crippen LogP contribution in [0.25, 0.3) is 21.2 Å². The number of hydrogen-bond acceptors (Lipinski definition) is 5. The highest BCUT2D eigenvalue weighted by atomic mass is 32.1. The van der Waals surface area contributed by atoms with Gasteiger partial charge in [0.1, 0.15) is 10.4 Å². The Morgan fingerprint density at radius 1 is 1.13 bits per heavy atom. The first-order chi connectivity index (χ1) is 15.1. The molecule has 3 heterocycles. The lowest BCUT2D eigenvalue weighted by Crippen LogP contribution is -2.31. The normalized spacial score (nSPS) is 19.0. The molecule has 0 radical (unpaired) electrons. The Morgan fingerprint density at radius 2 is 1.94 bits per heavy atom. The summed E-state index contributed by atoms with van der Waals surface area (Å²) in [5, 5.41) is 4.99. The van der Waals surface area contributed by atoms with E-state index >= 15 is 0 Å². The second-order valence-corrected chi connectivity index (χ2v) is 9.14. The number of primary amides is 1. The van der Waals surface area contributed by atoms with Crippen LogP contribution in [0.2, 0.25) is 0 Å². The Morgan fingerprint density at radius 3 is 2.71 bits per heavy atom. The van der Waals surface area contributed by atoms with Crippen LogP contribution in [0.3, 0.4) is 0 Å². The van der Waals surface area contributed by atoms with E-state index in [0.29, 0.717) is 29.0 Å². The molecule has 3 N–H and O–H groups in total. The van der Waals surface area contributed by atoms with Gasteiger partial charge in [-0.1, -0.05) is 24.3 Å². The Labute approximate surface area is 183 Å². The summed E-state index contributed by atoms with van der Waals surface area (Å²) in [5.41, 5.74) is 7.44. The maximum Gasteiger partial charge on any atom is 0.287 e. The fraction of sp³-hybridized carbons (Fsp3) is 0.292. The molecule has 7 heteroatoms. The Balaban J connectivity index is 1.23. The number of nitrogens with two attached hydrogens (primary N) is 1. The van der Waals surface area contributed by atoms with Crippen LogP contribution in [0.4, 0.5) is 0 Å². The third-order valence-electron chi connectivity index (χ3n) is 6.18. The third kappa shape index (κ3) is 3.81. The van der Waals surface area contributed by atoms with Crippen molar-refractivity contribution in [1.82, 2.24) is 10.3 Å². The first kappa shape index (κ1) is 19.8. The standard InChI is InChI=1S/C24H23N3O3S/c25-22(28)21-20(17-5-3-11-26-24(17)31-21)15-9-7-14(8-10-15)13-27-23(29)19-12-16-4-1-2-6-18(16)30-19/h1-6,11-12,14-15H,7-10,13H2,(H2,25,28)(H,27,29). The molecule has 0 aliphatic heterocycles. The fourth-order valence-corrected chi connectivity index (χ4v) is 5.69. The maximum atomic E-state index is 12.5. The number of fused-ring (bicyclic) bond motifs is 2. The number of amides is 2. The molecule has 31 heavy (non-hydrogen) atoms. The molecule has 1 aliphatic carbocycles. The van der Waals surface area contributed by atoms with Crippen molar-refractivity contribution in [2.75, 3.05) is 6.54 Å². The number of pyridine rings is 1. The summed E-state index contributed by atoms with van der Waals surface area (Å²) in [6.07, 6.45) is 5.65. The van der Waals surface area contributed by atoms with Crippen LogP contribution < -0.4 is 11.1 Å². The van der Waals surface area contributed by atoms with E-state index in [-0.39, 0.29) is 11.8 Å². The van der Waals surface area contributed by atoms with Crippen LogP contribution in [-0.4, -0.2) is 23.3 Å². The van der Waals surface area contributed by atoms with Crippen LogP contribution in [0.1, 0.15) is 57.4 Å². The summed E-state index contributed by atoms with van der Waals surface area (Å²) >= 11 is 1.39. The lowest BCUT2D eigenvalue weighted by molar-refractivity contribution is 0.0916. The van der Waals surface area contributed by atoms with E-state index in [9.17, 15) is 9.59 Å². The number of benzene rings is 1. The van der Waals surface area contributed by atoms with E-state index in [1.165, 1.54) is 11.3 Å². The summed E-state index contributed by atoms with van der Waals surface area (Å²) in [6, 6.07) is 13.3. The van der Waals surface area contributed by atoms with Crippen LogP contribution in [0.5, 0.6) is 0 Å². The van der Waals surface area contributed by atoms with Gasteiger partial charge in [0.25, 0.3) is 11.8 Å². The lowest BCUT2D eigenvalue weighted by atomic mass is 9.78. The van der Waals surface area contributed by atoms with Crippen molar-refractivity contribution in [1.29, 1.82) is 0 Å². The molecule has 1 saturated carbocycles. The molecule has 0 unspecified atom stereocenters. The molecule has 0 bridgehead atoms. The topological polar surface area (TPSA) is 98.2 Å². The summed E-state index contributed by atoms with van der Waals surface area (Å²) in [7, 11) is 0. The van der Waals surface area contributed by atoms with Gasteiger partial charge in [0.05, 0.1) is 4.88 Å². The van der Waals surface area contributed by atoms with Crippen molar-refractivity contribution in [3.8, 4) is 0 Å². The molecule has 0 atom stereocenters. The van der Waals surface area contributed by atoms with E-state index in [2.05, 4.69) is 10.3 Å². The maximum absolute atomic E-state index is 12.5. The van der Waals surface area contributed by atoms with Gasteiger partial charge in [-0.25, -0.2) is 4.98 Å². The predicted octanol–water partition coefficient (Wildman–Crippen LogP) is 4.85. The first-order valence-electron chi connectivity index (χ1n) is 10.5. The molecular formula is C24H23N3O3S. The largest absolute Gasteiger partial charge is 0.451 e. The molecule has 6 nitrogen and oxygen atoms in total. The molecule has 1 aliphatic rings. The molecule has 2 amide bonds. The minimum absolute atomic E-state index is 0.177. The number of thiophene rings is 1. The number of furan rings is 1. The van der Waals surface area contributed by atoms with Crippen LogP contribution in [-0.2, 0) is 0 Å². The molecule has 1 fully saturated rings. The van der Waals surface area contributed by atoms with Crippen LogP contribution >= 0.6 is 11.3 Å². The zero-order valence-electron chi connectivity index (χ0n) is 17.0. The monoisotopic (exact) mass is 433 g/mol. The van der Waals surface area contributed by atoms with Crippen molar-refractivity contribution in [3.05, 3.63) is 64.9 Å². The summed E-state index contributed by atoms with van der Waals surface area (Å²) < 4.78 is 5.65. The SMILES string of the molecule is NC(=O)c1sc2ncccc2c1C1CCC(CNC(=O)c2cc3ccccc3o2)CC1. The Bertz CT molecular complexity index is 1230. The van der Waals surface area contributed by atoms with Crippen molar-refractivity contribution in [2.24, 2.45) is 11.7 Å². The predicted molar refractivity (Wildman–Crippen MR) is 121 cm³/mol. The van der Waals surface area contributed by atoms with Gasteiger partial charge >= 0.3 is 0 Å². The molecule has 3 aromatic heterocycles. The minimum Gasteiger partial charge on any atom is -0.451 e. The number of carbonyl (C=O) groups excluding carboxylic acids is 2. The van der Waals surface area contributed by atoms with E-state index in [1.807, 2.05) is 36.4 Å². The smallest absolute Gasteiger partial charge is 0.287 e. The van der Waals surface area contributed by atoms with E-state index in [1.54, 1.807) is 12.3 Å². The van der Waals surface area contributed by atoms with Gasteiger partial charge in [0.15, 0.2) is 5.76 Å². The highest BCUT2D eigenvalue weighted by Gasteiger charge is 2.29. The first-order valence-corrected chi connectivity index (χ1v) is 11.4. The molecule has 4 aromatic rings. The van der Waals surface area contributed by atoms with Crippen LogP contribution in [0, 0.1) is 5.92 Å². The van der Waals surface area contributed by atoms with Gasteiger partial charge in [-0.2, -0.15) is 0 Å². The summed E-state index contributed by atoms with van der Waals surface area (Å²) in [5.74, 6) is 0.494. The number of aromatic nitrogens is 1. The van der Waals surface area contributed by atoms with Gasteiger partial charge in [-0.15, -0.1) is 11.3 Å². The molecule has 158 valence electrons. The average Bonchev–Trinajstić information content (AvgIpc) is 3.40. The van der Waals surface area contributed by atoms with Gasteiger partial charge in [-0.3, -0.25) is 9.59 Å². The fourth-order valence-electron chi connectivity index (χ4n) is 4.61. The summed E-state index contributed by atoms with van der Waals surface area (Å²) in [6.45, 7) is 0.622. The third-order valence-corrected chi connectivity index (χ3v) is 7.33. The quantitative estimate of drug-likeness (QED) is 0.470. The number of para-hydroxylation sites is 1. The Hall–Kier alpha value is -3.19. The lowest BCUT2D eigenvalue weighted by Gasteiger charge is -2.29. The van der Waals surface area contributed by atoms with Crippen molar-refractivity contribution < 1.29 is 14.0 Å². The van der Waals surface area contributed by atoms with Gasteiger partial charge in [0.2, 0.25) is 0 Å². The molecule has 0 spiro atoms. The van der Waals surface area contributed by atoms with Crippen molar-refractivity contribution in [3.63, 3.8) is 0 Å². The highest BCUT2D eigenvalue weighted by molar-refractivity contribution is 7.20. The van der Waals surface area contributed by atoms with Crippen molar-refractivity contribution >= 4 is 44.3 Å². The van der Waals surface area contributed by atoms with E-state index in [0.717, 1.165) is 52.4 Å². The zero-order valence-corrected chi connectivity index (χ0v) is 17.8. The van der Waals surface area contributed by atoms with Crippen molar-refractivity contribution in [2.45, 2.75) is 31.6 Å². The number of nitrogens with zero attached hydrogens (tertiary/aromatic N) is 1. The number of rotatable bonds is 5. The number of hydrogen-bond donors (Lipinski definition) is 2. The zero-order chi connectivity index (χ0) is 21.4. The molecule has 0 saturated heterocycles. The number of carbonyl (C=O) groups is 2. The van der Waals surface area contributed by atoms with Gasteiger partial charge in [-0.05, 0) is 61.3 Å². The molecular weight excluding hydrogens is 410 g/mol. The van der Waals surface area contributed by atoms with Gasteiger partial charge in [0, 0.05) is 23.5 Å². The van der Waals surface area contributed by atoms with E-state index in [4.69, 9.17) is 10.2 Å². The summed E-state index contributed by atoms with van der Waals surface area (Å²) in [4.78, 5) is 30.4.